The van der Waals surface area contributed by atoms with E-state index in [0.717, 1.165) is 11.8 Å². The zero-order valence-corrected chi connectivity index (χ0v) is 13.1. The van der Waals surface area contributed by atoms with E-state index in [2.05, 4.69) is 20.9 Å². The number of aromatic nitrogens is 1. The highest BCUT2D eigenvalue weighted by Crippen LogP contribution is 2.34. The molecule has 0 atom stereocenters. The molecule has 108 valence electrons. The van der Waals surface area contributed by atoms with Crippen LogP contribution in [-0.4, -0.2) is 21.0 Å². The Morgan fingerprint density at radius 2 is 2.14 bits per heavy atom. The number of aromatic carboxylic acids is 1. The molecule has 1 aromatic carbocycles. The van der Waals surface area contributed by atoms with Crippen molar-refractivity contribution in [3.05, 3.63) is 56.2 Å². The van der Waals surface area contributed by atoms with Gasteiger partial charge in [0, 0.05) is 21.6 Å². The van der Waals surface area contributed by atoms with Crippen molar-refractivity contribution in [3.63, 3.8) is 0 Å². The van der Waals surface area contributed by atoms with Gasteiger partial charge in [-0.2, -0.15) is 0 Å². The Hall–Kier alpha value is -1.93. The number of hydrogen-bond donors (Lipinski definition) is 1. The molecular weight excluding hydrogens is 360 g/mol. The highest BCUT2D eigenvalue weighted by Gasteiger charge is 2.18. The number of benzene rings is 1. The summed E-state index contributed by atoms with van der Waals surface area (Å²) in [5.74, 6) is -1.07. The summed E-state index contributed by atoms with van der Waals surface area (Å²) in [7, 11) is 0. The lowest BCUT2D eigenvalue weighted by atomic mass is 10.2. The van der Waals surface area contributed by atoms with Crippen molar-refractivity contribution in [2.75, 3.05) is 0 Å². The van der Waals surface area contributed by atoms with E-state index in [9.17, 15) is 14.9 Å². The third-order valence-corrected chi connectivity index (χ3v) is 4.24. The number of nitro groups is 1. The Morgan fingerprint density at radius 3 is 2.76 bits per heavy atom. The van der Waals surface area contributed by atoms with E-state index in [1.165, 1.54) is 18.3 Å². The average molecular weight is 369 g/mol. The monoisotopic (exact) mass is 368 g/mol. The van der Waals surface area contributed by atoms with Crippen LogP contribution in [-0.2, 0) is 0 Å². The number of nitrogens with zero attached hydrogens (tertiary/aromatic N) is 2. The lowest BCUT2D eigenvalue weighted by molar-refractivity contribution is -0.388. The molecule has 8 heteroatoms. The number of rotatable bonds is 4. The fourth-order valence-corrected chi connectivity index (χ4v) is 2.89. The molecule has 0 aliphatic carbocycles. The summed E-state index contributed by atoms with van der Waals surface area (Å²) in [6.07, 6.45) is 1.53. The van der Waals surface area contributed by atoms with Crippen molar-refractivity contribution in [2.24, 2.45) is 0 Å². The third-order valence-electron chi connectivity index (χ3n) is 2.55. The summed E-state index contributed by atoms with van der Waals surface area (Å²) in [6.45, 7) is 1.72. The molecule has 1 aromatic heterocycles. The van der Waals surface area contributed by atoms with Gasteiger partial charge in [0.25, 0.3) is 0 Å². The van der Waals surface area contributed by atoms with Crippen molar-refractivity contribution in [2.45, 2.75) is 16.8 Å². The minimum Gasteiger partial charge on any atom is -0.478 e. The molecule has 0 spiro atoms. The smallest absolute Gasteiger partial charge is 0.336 e. The molecule has 0 aliphatic rings. The zero-order valence-electron chi connectivity index (χ0n) is 10.7. The van der Waals surface area contributed by atoms with Gasteiger partial charge in [-0.25, -0.2) is 9.78 Å². The number of halogens is 1. The quantitative estimate of drug-likeness (QED) is 0.649. The summed E-state index contributed by atoms with van der Waals surface area (Å²) >= 11 is 4.20. The van der Waals surface area contributed by atoms with Crippen LogP contribution in [0.1, 0.15) is 15.9 Å². The summed E-state index contributed by atoms with van der Waals surface area (Å²) in [6, 6.07) is 6.15. The summed E-state index contributed by atoms with van der Waals surface area (Å²) < 4.78 is 0.450. The predicted molar refractivity (Wildman–Crippen MR) is 80.9 cm³/mol. The zero-order chi connectivity index (χ0) is 15.6. The summed E-state index contributed by atoms with van der Waals surface area (Å²) in [4.78, 5) is 26.2. The molecule has 0 saturated carbocycles. The van der Waals surface area contributed by atoms with Crippen molar-refractivity contribution in [1.82, 2.24) is 4.98 Å². The predicted octanol–water partition coefficient (Wildman–Crippen LogP) is 3.91. The highest BCUT2D eigenvalue weighted by molar-refractivity contribution is 9.10. The minimum absolute atomic E-state index is 0.0924. The highest BCUT2D eigenvalue weighted by atomic mass is 79.9. The molecule has 21 heavy (non-hydrogen) atoms. The number of aryl methyl sites for hydroxylation is 1. The maximum absolute atomic E-state index is 11.1. The van der Waals surface area contributed by atoms with Crippen LogP contribution in [0.25, 0.3) is 0 Å². The standard InChI is InChI=1S/C13H9BrN2O4S/c1-7-4-11(16(19)20)12(15-6-7)21-8-2-3-10(14)9(5-8)13(17)18/h2-6H,1H3,(H,17,18). The molecular formula is C13H9BrN2O4S. The van der Waals surface area contributed by atoms with Crippen molar-refractivity contribution < 1.29 is 14.8 Å². The van der Waals surface area contributed by atoms with Gasteiger partial charge in [0.2, 0.25) is 0 Å². The molecule has 0 amide bonds. The molecule has 0 saturated heterocycles. The van der Waals surface area contributed by atoms with E-state index in [4.69, 9.17) is 5.11 Å². The summed E-state index contributed by atoms with van der Waals surface area (Å²) in [5, 5.41) is 20.3. The maximum atomic E-state index is 11.1. The molecule has 1 heterocycles. The largest absolute Gasteiger partial charge is 0.478 e. The first-order valence-corrected chi connectivity index (χ1v) is 7.31. The van der Waals surface area contributed by atoms with Crippen LogP contribution < -0.4 is 0 Å². The van der Waals surface area contributed by atoms with Crippen molar-refractivity contribution >= 4 is 39.3 Å². The Balaban J connectivity index is 2.41. The molecule has 2 aromatic rings. The molecule has 1 N–H and O–H groups in total. The number of hydrogen-bond acceptors (Lipinski definition) is 5. The molecule has 0 unspecified atom stereocenters. The molecule has 0 aliphatic heterocycles. The number of carbonyl (C=O) groups is 1. The van der Waals surface area contributed by atoms with E-state index in [-0.39, 0.29) is 16.3 Å². The van der Waals surface area contributed by atoms with Gasteiger partial charge in [0.05, 0.1) is 10.5 Å². The van der Waals surface area contributed by atoms with Gasteiger partial charge in [0.1, 0.15) is 0 Å². The van der Waals surface area contributed by atoms with Crippen LogP contribution in [0.15, 0.2) is 44.9 Å². The first-order chi connectivity index (χ1) is 9.88. The van der Waals surface area contributed by atoms with Gasteiger partial charge in [-0.05, 0) is 46.6 Å². The lowest BCUT2D eigenvalue weighted by Gasteiger charge is -2.05. The van der Waals surface area contributed by atoms with Crippen LogP contribution in [0.2, 0.25) is 0 Å². The normalized spacial score (nSPS) is 10.4. The molecule has 0 radical (unpaired) electrons. The van der Waals surface area contributed by atoms with Gasteiger partial charge in [0.15, 0.2) is 5.03 Å². The maximum Gasteiger partial charge on any atom is 0.336 e. The van der Waals surface area contributed by atoms with Crippen molar-refractivity contribution in [3.8, 4) is 0 Å². The Morgan fingerprint density at radius 1 is 1.43 bits per heavy atom. The van der Waals surface area contributed by atoms with Crippen LogP contribution in [0, 0.1) is 17.0 Å². The Bertz CT molecular complexity index is 736. The van der Waals surface area contributed by atoms with Gasteiger partial charge >= 0.3 is 11.7 Å². The molecule has 6 nitrogen and oxygen atoms in total. The Labute approximate surface area is 132 Å². The van der Waals surface area contributed by atoms with Crippen LogP contribution >= 0.6 is 27.7 Å². The Kier molecular flexibility index (Phi) is 4.59. The first-order valence-electron chi connectivity index (χ1n) is 5.70. The van der Waals surface area contributed by atoms with E-state index in [0.29, 0.717) is 14.9 Å². The molecule has 2 rings (SSSR count). The number of carboxylic acids is 1. The lowest BCUT2D eigenvalue weighted by Crippen LogP contribution is -1.98. The van der Waals surface area contributed by atoms with E-state index in [1.807, 2.05) is 0 Å². The van der Waals surface area contributed by atoms with Crippen LogP contribution in [0.3, 0.4) is 0 Å². The summed E-state index contributed by atoms with van der Waals surface area (Å²) in [5.41, 5.74) is 0.683. The molecule has 0 bridgehead atoms. The number of carboxylic acid groups (broad SMARTS) is 1. The third kappa shape index (κ3) is 3.59. The van der Waals surface area contributed by atoms with Gasteiger partial charge in [-0.3, -0.25) is 10.1 Å². The minimum atomic E-state index is -1.07. The fourth-order valence-electron chi connectivity index (χ4n) is 1.59. The topological polar surface area (TPSA) is 93.3 Å². The van der Waals surface area contributed by atoms with Gasteiger partial charge in [-0.1, -0.05) is 11.8 Å². The second-order valence-electron chi connectivity index (χ2n) is 4.14. The SMILES string of the molecule is Cc1cnc(Sc2ccc(Br)c(C(=O)O)c2)c([N+](=O)[O-])c1. The second-order valence-corrected chi connectivity index (χ2v) is 6.06. The average Bonchev–Trinajstić information content (AvgIpc) is 2.42. The van der Waals surface area contributed by atoms with E-state index in [1.54, 1.807) is 19.1 Å². The van der Waals surface area contributed by atoms with E-state index >= 15 is 0 Å². The molecule has 0 fully saturated rings. The van der Waals surface area contributed by atoms with Crippen molar-refractivity contribution in [1.29, 1.82) is 0 Å². The van der Waals surface area contributed by atoms with Crippen LogP contribution in [0.4, 0.5) is 5.69 Å². The first kappa shape index (κ1) is 15.5. The van der Waals surface area contributed by atoms with E-state index < -0.39 is 10.9 Å². The van der Waals surface area contributed by atoms with Gasteiger partial charge in [-0.15, -0.1) is 0 Å². The second kappa shape index (κ2) is 6.23. The number of pyridine rings is 1. The van der Waals surface area contributed by atoms with Crippen LogP contribution in [0.5, 0.6) is 0 Å². The van der Waals surface area contributed by atoms with Gasteiger partial charge < -0.3 is 5.11 Å². The fraction of sp³-hybridized carbons (Fsp3) is 0.0769.